The third-order valence-corrected chi connectivity index (χ3v) is 2.93. The number of nitrogens with zero attached hydrogens (tertiary/aromatic N) is 4. The van der Waals surface area contributed by atoms with Crippen LogP contribution in [0.3, 0.4) is 0 Å². The molecule has 0 radical (unpaired) electrons. The van der Waals surface area contributed by atoms with Crippen LogP contribution in [0, 0.1) is 11.3 Å². The van der Waals surface area contributed by atoms with E-state index in [9.17, 15) is 0 Å². The second-order valence-electron chi connectivity index (χ2n) is 4.05. The van der Waals surface area contributed by atoms with Crippen molar-refractivity contribution in [2.45, 2.75) is 0 Å². The van der Waals surface area contributed by atoms with Crippen molar-refractivity contribution in [2.75, 3.05) is 31.4 Å². The molecule has 0 aliphatic carbocycles. The first kappa shape index (κ1) is 13.6. The molecule has 20 heavy (non-hydrogen) atoms. The van der Waals surface area contributed by atoms with E-state index in [0.29, 0.717) is 22.9 Å². The standard InChI is InChI=1S/C14H15N5O/c1-16-13-12(20-3)14(18-9-17-13)19(2)11-6-4-10(8-15)5-7-11/h4-7,9H,1-3H3,(H,16,17,18). The number of nitrogens with one attached hydrogen (secondary N) is 1. The van der Waals surface area contributed by atoms with Gasteiger partial charge in [0.2, 0.25) is 5.75 Å². The first-order chi connectivity index (χ1) is 9.71. The molecule has 1 aromatic heterocycles. The van der Waals surface area contributed by atoms with Crippen LogP contribution in [-0.2, 0) is 0 Å². The molecule has 1 heterocycles. The van der Waals surface area contributed by atoms with Crippen LogP contribution in [0.25, 0.3) is 0 Å². The molecule has 6 heteroatoms. The summed E-state index contributed by atoms with van der Waals surface area (Å²) in [6.07, 6.45) is 1.48. The molecule has 0 fully saturated rings. The zero-order valence-corrected chi connectivity index (χ0v) is 11.6. The number of hydrogen-bond acceptors (Lipinski definition) is 6. The molecule has 0 saturated heterocycles. The highest BCUT2D eigenvalue weighted by Gasteiger charge is 2.16. The van der Waals surface area contributed by atoms with Gasteiger partial charge in [-0.15, -0.1) is 0 Å². The van der Waals surface area contributed by atoms with E-state index in [0.717, 1.165) is 5.69 Å². The lowest BCUT2D eigenvalue weighted by Gasteiger charge is -2.21. The van der Waals surface area contributed by atoms with Gasteiger partial charge in [0.25, 0.3) is 0 Å². The van der Waals surface area contributed by atoms with E-state index in [-0.39, 0.29) is 0 Å². The fraction of sp³-hybridized carbons (Fsp3) is 0.214. The van der Waals surface area contributed by atoms with E-state index >= 15 is 0 Å². The van der Waals surface area contributed by atoms with Gasteiger partial charge < -0.3 is 15.0 Å². The zero-order chi connectivity index (χ0) is 14.5. The van der Waals surface area contributed by atoms with Crippen LogP contribution in [0.15, 0.2) is 30.6 Å². The largest absolute Gasteiger partial charge is 0.490 e. The predicted octanol–water partition coefficient (Wildman–Crippen LogP) is 2.17. The summed E-state index contributed by atoms with van der Waals surface area (Å²) in [5.74, 6) is 1.84. The lowest BCUT2D eigenvalue weighted by atomic mass is 10.2. The molecule has 1 N–H and O–H groups in total. The van der Waals surface area contributed by atoms with Crippen molar-refractivity contribution in [3.05, 3.63) is 36.2 Å². The molecule has 0 saturated carbocycles. The van der Waals surface area contributed by atoms with Crippen molar-refractivity contribution >= 4 is 17.3 Å². The molecule has 102 valence electrons. The summed E-state index contributed by atoms with van der Waals surface area (Å²) in [5, 5.41) is 11.8. The van der Waals surface area contributed by atoms with E-state index < -0.39 is 0 Å². The molecule has 6 nitrogen and oxygen atoms in total. The quantitative estimate of drug-likeness (QED) is 0.916. The van der Waals surface area contributed by atoms with Crippen LogP contribution in [-0.4, -0.2) is 31.2 Å². The van der Waals surface area contributed by atoms with E-state index in [1.807, 2.05) is 24.1 Å². The number of rotatable bonds is 4. The van der Waals surface area contributed by atoms with E-state index in [4.69, 9.17) is 10.00 Å². The number of aromatic nitrogens is 2. The lowest BCUT2D eigenvalue weighted by molar-refractivity contribution is 0.414. The topological polar surface area (TPSA) is 74.1 Å². The molecule has 0 unspecified atom stereocenters. The van der Waals surface area contributed by atoms with E-state index in [1.54, 1.807) is 26.3 Å². The monoisotopic (exact) mass is 269 g/mol. The molecule has 0 amide bonds. The molecule has 0 spiro atoms. The minimum Gasteiger partial charge on any atom is -0.490 e. The third-order valence-electron chi connectivity index (χ3n) is 2.93. The molecule has 1 aromatic carbocycles. The predicted molar refractivity (Wildman–Crippen MR) is 77.4 cm³/mol. The average Bonchev–Trinajstić information content (AvgIpc) is 2.53. The van der Waals surface area contributed by atoms with Crippen LogP contribution < -0.4 is 15.0 Å². The maximum atomic E-state index is 8.82. The third kappa shape index (κ3) is 2.47. The number of ether oxygens (including phenoxy) is 1. The zero-order valence-electron chi connectivity index (χ0n) is 11.6. The van der Waals surface area contributed by atoms with Crippen LogP contribution in [0.2, 0.25) is 0 Å². The maximum absolute atomic E-state index is 8.82. The fourth-order valence-corrected chi connectivity index (χ4v) is 1.85. The van der Waals surface area contributed by atoms with Crippen molar-refractivity contribution < 1.29 is 4.74 Å². The van der Waals surface area contributed by atoms with Crippen molar-refractivity contribution in [3.8, 4) is 11.8 Å². The Kier molecular flexibility index (Phi) is 4.01. The highest BCUT2D eigenvalue weighted by atomic mass is 16.5. The second-order valence-corrected chi connectivity index (χ2v) is 4.05. The summed E-state index contributed by atoms with van der Waals surface area (Å²) in [6, 6.07) is 9.34. The number of hydrogen-bond donors (Lipinski definition) is 1. The number of methoxy groups -OCH3 is 1. The average molecular weight is 269 g/mol. The van der Waals surface area contributed by atoms with Crippen LogP contribution >= 0.6 is 0 Å². The highest BCUT2D eigenvalue weighted by Crippen LogP contribution is 2.34. The molecule has 0 aliphatic rings. The molecule has 0 aliphatic heterocycles. The Bertz CT molecular complexity index is 633. The second kappa shape index (κ2) is 5.89. The highest BCUT2D eigenvalue weighted by molar-refractivity contribution is 5.71. The molecule has 2 aromatic rings. The van der Waals surface area contributed by atoms with Gasteiger partial charge in [0.05, 0.1) is 18.7 Å². The van der Waals surface area contributed by atoms with Crippen molar-refractivity contribution in [2.24, 2.45) is 0 Å². The molecular formula is C14H15N5O. The summed E-state index contributed by atoms with van der Waals surface area (Å²) in [4.78, 5) is 10.3. The van der Waals surface area contributed by atoms with E-state index in [2.05, 4.69) is 21.4 Å². The van der Waals surface area contributed by atoms with Gasteiger partial charge >= 0.3 is 0 Å². The van der Waals surface area contributed by atoms with Gasteiger partial charge in [-0.25, -0.2) is 9.97 Å². The molecule has 2 rings (SSSR count). The summed E-state index contributed by atoms with van der Waals surface area (Å²) in [5.41, 5.74) is 1.52. The van der Waals surface area contributed by atoms with E-state index in [1.165, 1.54) is 6.33 Å². The van der Waals surface area contributed by atoms with Crippen molar-refractivity contribution in [1.29, 1.82) is 5.26 Å². The van der Waals surface area contributed by atoms with Gasteiger partial charge in [0.15, 0.2) is 11.6 Å². The van der Waals surface area contributed by atoms with Gasteiger partial charge in [-0.3, -0.25) is 0 Å². The summed E-state index contributed by atoms with van der Waals surface area (Å²) >= 11 is 0. The van der Waals surface area contributed by atoms with Gasteiger partial charge in [-0.1, -0.05) is 0 Å². The Morgan fingerprint density at radius 3 is 2.50 bits per heavy atom. The Hall–Kier alpha value is -2.81. The molecule has 0 bridgehead atoms. The SMILES string of the molecule is CNc1ncnc(N(C)c2ccc(C#N)cc2)c1OC. The smallest absolute Gasteiger partial charge is 0.204 e. The van der Waals surface area contributed by atoms with Gasteiger partial charge in [-0.2, -0.15) is 5.26 Å². The van der Waals surface area contributed by atoms with Crippen LogP contribution in [0.5, 0.6) is 5.75 Å². The summed E-state index contributed by atoms with van der Waals surface area (Å²) < 4.78 is 5.37. The first-order valence-electron chi connectivity index (χ1n) is 6.02. The Morgan fingerprint density at radius 2 is 1.95 bits per heavy atom. The van der Waals surface area contributed by atoms with Gasteiger partial charge in [0, 0.05) is 19.8 Å². The van der Waals surface area contributed by atoms with Gasteiger partial charge in [-0.05, 0) is 24.3 Å². The summed E-state index contributed by atoms with van der Waals surface area (Å²) in [7, 11) is 5.23. The normalized spacial score (nSPS) is 9.70. The fourth-order valence-electron chi connectivity index (χ4n) is 1.85. The van der Waals surface area contributed by atoms with Crippen molar-refractivity contribution in [3.63, 3.8) is 0 Å². The number of benzene rings is 1. The summed E-state index contributed by atoms with van der Waals surface area (Å²) in [6.45, 7) is 0. The maximum Gasteiger partial charge on any atom is 0.204 e. The number of nitriles is 1. The Balaban J connectivity index is 2.42. The lowest BCUT2D eigenvalue weighted by Crippen LogP contribution is -2.14. The molecule has 0 atom stereocenters. The van der Waals surface area contributed by atoms with Crippen molar-refractivity contribution in [1.82, 2.24) is 9.97 Å². The Morgan fingerprint density at radius 1 is 1.25 bits per heavy atom. The molecular weight excluding hydrogens is 254 g/mol. The Labute approximate surface area is 117 Å². The van der Waals surface area contributed by atoms with Gasteiger partial charge in [0.1, 0.15) is 6.33 Å². The minimum absolute atomic E-state index is 0.571. The minimum atomic E-state index is 0.571. The number of anilines is 3. The van der Waals surface area contributed by atoms with Crippen LogP contribution in [0.1, 0.15) is 5.56 Å². The van der Waals surface area contributed by atoms with Crippen LogP contribution in [0.4, 0.5) is 17.3 Å². The first-order valence-corrected chi connectivity index (χ1v) is 6.02.